The van der Waals surface area contributed by atoms with Gasteiger partial charge in [0.05, 0.1) is 18.8 Å². The van der Waals surface area contributed by atoms with E-state index in [0.29, 0.717) is 18.0 Å². The molecule has 2 aromatic rings. The Bertz CT molecular complexity index is 691. The molecule has 0 aliphatic carbocycles. The fourth-order valence-corrected chi connectivity index (χ4v) is 2.42. The van der Waals surface area contributed by atoms with Gasteiger partial charge in [-0.15, -0.1) is 0 Å². The minimum atomic E-state index is -0.345. The first-order valence-electron chi connectivity index (χ1n) is 7.61. The molecule has 0 aliphatic rings. The van der Waals surface area contributed by atoms with E-state index < -0.39 is 0 Å². The Morgan fingerprint density at radius 1 is 1.21 bits per heavy atom. The molecule has 0 bridgehead atoms. The summed E-state index contributed by atoms with van der Waals surface area (Å²) >= 11 is 0. The zero-order valence-corrected chi connectivity index (χ0v) is 14.0. The molecular formula is C18H22FN3O2. The second kappa shape index (κ2) is 8.31. The number of anilines is 1. The molecule has 5 nitrogen and oxygen atoms in total. The van der Waals surface area contributed by atoms with Crippen LogP contribution >= 0.6 is 0 Å². The van der Waals surface area contributed by atoms with Gasteiger partial charge in [0.15, 0.2) is 0 Å². The summed E-state index contributed by atoms with van der Waals surface area (Å²) in [5, 5.41) is 5.56. The quantitative estimate of drug-likeness (QED) is 0.854. The number of carbonyl (C=O) groups excluding carboxylic acids is 1. The van der Waals surface area contributed by atoms with E-state index >= 15 is 0 Å². The van der Waals surface area contributed by atoms with Crippen molar-refractivity contribution in [2.75, 3.05) is 33.1 Å². The summed E-state index contributed by atoms with van der Waals surface area (Å²) in [6.45, 7) is 0.345. The fourth-order valence-electron chi connectivity index (χ4n) is 2.42. The van der Waals surface area contributed by atoms with Gasteiger partial charge in [0, 0.05) is 6.54 Å². The second-order valence-electron chi connectivity index (χ2n) is 5.57. The number of methoxy groups -OCH3 is 1. The van der Waals surface area contributed by atoms with E-state index in [0.717, 1.165) is 5.56 Å². The van der Waals surface area contributed by atoms with Gasteiger partial charge >= 0.3 is 6.03 Å². The van der Waals surface area contributed by atoms with E-state index in [9.17, 15) is 9.18 Å². The molecule has 2 rings (SSSR count). The molecule has 0 aromatic heterocycles. The predicted octanol–water partition coefficient (Wildman–Crippen LogP) is 3.26. The summed E-state index contributed by atoms with van der Waals surface area (Å²) in [7, 11) is 5.31. The first-order valence-corrected chi connectivity index (χ1v) is 7.61. The standard InChI is InChI=1S/C18H22FN3O2/c1-22(2)16(13-7-6-8-14(19)11-13)12-20-18(23)21-15-9-4-5-10-17(15)24-3/h4-11,16H,12H2,1-3H3,(H2,20,21,23). The van der Waals surface area contributed by atoms with Crippen molar-refractivity contribution in [1.29, 1.82) is 0 Å². The van der Waals surface area contributed by atoms with Crippen LogP contribution in [0.25, 0.3) is 0 Å². The SMILES string of the molecule is COc1ccccc1NC(=O)NCC(c1cccc(F)c1)N(C)C. The minimum absolute atomic E-state index is 0.135. The highest BCUT2D eigenvalue weighted by Gasteiger charge is 2.16. The van der Waals surface area contributed by atoms with Crippen LogP contribution in [0, 0.1) is 5.82 Å². The summed E-state index contributed by atoms with van der Waals surface area (Å²) < 4.78 is 18.6. The van der Waals surface area contributed by atoms with Crippen LogP contribution in [0.5, 0.6) is 5.75 Å². The number of amides is 2. The number of urea groups is 1. The number of para-hydroxylation sites is 2. The van der Waals surface area contributed by atoms with Crippen molar-refractivity contribution in [2.24, 2.45) is 0 Å². The lowest BCUT2D eigenvalue weighted by atomic mass is 10.1. The molecule has 2 amide bonds. The Morgan fingerprint density at radius 2 is 1.96 bits per heavy atom. The fraction of sp³-hybridized carbons (Fsp3) is 0.278. The number of ether oxygens (including phenoxy) is 1. The van der Waals surface area contributed by atoms with Crippen LogP contribution in [0.4, 0.5) is 14.9 Å². The van der Waals surface area contributed by atoms with Gasteiger partial charge in [-0.1, -0.05) is 24.3 Å². The van der Waals surface area contributed by atoms with E-state index in [1.807, 2.05) is 37.2 Å². The highest BCUT2D eigenvalue weighted by Crippen LogP contribution is 2.23. The van der Waals surface area contributed by atoms with E-state index in [4.69, 9.17) is 4.74 Å². The Labute approximate surface area is 141 Å². The van der Waals surface area contributed by atoms with E-state index in [-0.39, 0.29) is 17.9 Å². The van der Waals surface area contributed by atoms with Crippen LogP contribution in [0.15, 0.2) is 48.5 Å². The number of likely N-dealkylation sites (N-methyl/N-ethyl adjacent to an activating group) is 1. The van der Waals surface area contributed by atoms with Crippen molar-refractivity contribution in [3.05, 3.63) is 59.9 Å². The van der Waals surface area contributed by atoms with Crippen LogP contribution < -0.4 is 15.4 Å². The Balaban J connectivity index is 2.00. The van der Waals surface area contributed by atoms with Gasteiger partial charge in [0.1, 0.15) is 11.6 Å². The van der Waals surface area contributed by atoms with Crippen molar-refractivity contribution >= 4 is 11.7 Å². The van der Waals surface area contributed by atoms with Crippen molar-refractivity contribution < 1.29 is 13.9 Å². The molecule has 0 heterocycles. The molecule has 1 unspecified atom stereocenters. The second-order valence-corrected chi connectivity index (χ2v) is 5.57. The van der Waals surface area contributed by atoms with Gasteiger partial charge in [-0.05, 0) is 43.9 Å². The Morgan fingerprint density at radius 3 is 2.62 bits per heavy atom. The van der Waals surface area contributed by atoms with Crippen LogP contribution in [0.1, 0.15) is 11.6 Å². The Hall–Kier alpha value is -2.60. The number of hydrogen-bond donors (Lipinski definition) is 2. The highest BCUT2D eigenvalue weighted by atomic mass is 19.1. The van der Waals surface area contributed by atoms with Crippen molar-refractivity contribution in [3.63, 3.8) is 0 Å². The van der Waals surface area contributed by atoms with Crippen molar-refractivity contribution in [2.45, 2.75) is 6.04 Å². The van der Waals surface area contributed by atoms with Gasteiger partial charge in [0.2, 0.25) is 0 Å². The lowest BCUT2D eigenvalue weighted by Gasteiger charge is -2.25. The molecule has 0 aliphatic heterocycles. The third-order valence-corrected chi connectivity index (χ3v) is 3.67. The number of nitrogens with one attached hydrogen (secondary N) is 2. The van der Waals surface area contributed by atoms with Crippen LogP contribution in [0.3, 0.4) is 0 Å². The normalized spacial score (nSPS) is 11.9. The molecule has 0 fully saturated rings. The van der Waals surface area contributed by atoms with Crippen LogP contribution in [0.2, 0.25) is 0 Å². The first kappa shape index (κ1) is 17.7. The summed E-state index contributed by atoms with van der Waals surface area (Å²) in [5.41, 5.74) is 1.39. The average molecular weight is 331 g/mol. The molecule has 0 saturated heterocycles. The number of nitrogens with zero attached hydrogens (tertiary/aromatic N) is 1. The molecule has 0 spiro atoms. The van der Waals surface area contributed by atoms with Gasteiger partial charge in [0.25, 0.3) is 0 Å². The number of hydrogen-bond acceptors (Lipinski definition) is 3. The summed E-state index contributed by atoms with van der Waals surface area (Å²) in [6.07, 6.45) is 0. The molecule has 2 aromatic carbocycles. The smallest absolute Gasteiger partial charge is 0.319 e. The lowest BCUT2D eigenvalue weighted by Crippen LogP contribution is -2.37. The summed E-state index contributed by atoms with van der Waals surface area (Å²) in [4.78, 5) is 14.1. The predicted molar refractivity (Wildman–Crippen MR) is 92.8 cm³/mol. The van der Waals surface area contributed by atoms with Crippen LogP contribution in [-0.2, 0) is 0 Å². The van der Waals surface area contributed by atoms with Gasteiger partial charge < -0.3 is 20.3 Å². The molecule has 128 valence electrons. The third kappa shape index (κ3) is 4.70. The zero-order chi connectivity index (χ0) is 17.5. The molecule has 6 heteroatoms. The maximum atomic E-state index is 13.4. The van der Waals surface area contributed by atoms with Gasteiger partial charge in [-0.3, -0.25) is 0 Å². The van der Waals surface area contributed by atoms with Gasteiger partial charge in [-0.2, -0.15) is 0 Å². The molecular weight excluding hydrogens is 309 g/mol. The average Bonchev–Trinajstić information content (AvgIpc) is 2.55. The zero-order valence-electron chi connectivity index (χ0n) is 14.0. The number of rotatable bonds is 6. The lowest BCUT2D eigenvalue weighted by molar-refractivity contribution is 0.243. The number of halogens is 1. The molecule has 2 N–H and O–H groups in total. The number of carbonyl (C=O) groups is 1. The van der Waals surface area contributed by atoms with E-state index in [2.05, 4.69) is 10.6 Å². The van der Waals surface area contributed by atoms with E-state index in [1.54, 1.807) is 25.3 Å². The highest BCUT2D eigenvalue weighted by molar-refractivity contribution is 5.90. The number of benzene rings is 2. The maximum Gasteiger partial charge on any atom is 0.319 e. The van der Waals surface area contributed by atoms with Gasteiger partial charge in [-0.25, -0.2) is 9.18 Å². The molecule has 24 heavy (non-hydrogen) atoms. The molecule has 1 atom stereocenters. The maximum absolute atomic E-state index is 13.4. The van der Waals surface area contributed by atoms with Crippen molar-refractivity contribution in [1.82, 2.24) is 10.2 Å². The summed E-state index contributed by atoms with van der Waals surface area (Å²) in [6, 6.07) is 13.1. The Kier molecular flexibility index (Phi) is 6.14. The minimum Gasteiger partial charge on any atom is -0.495 e. The van der Waals surface area contributed by atoms with Crippen LogP contribution in [-0.4, -0.2) is 38.7 Å². The largest absolute Gasteiger partial charge is 0.495 e. The van der Waals surface area contributed by atoms with Crippen molar-refractivity contribution in [3.8, 4) is 5.75 Å². The monoisotopic (exact) mass is 331 g/mol. The molecule has 0 saturated carbocycles. The first-order chi connectivity index (χ1) is 11.5. The third-order valence-electron chi connectivity index (χ3n) is 3.67. The topological polar surface area (TPSA) is 53.6 Å². The summed E-state index contributed by atoms with van der Waals surface area (Å²) in [5.74, 6) is 0.291. The van der Waals surface area contributed by atoms with E-state index in [1.165, 1.54) is 12.1 Å². The molecule has 0 radical (unpaired) electrons.